The molecule has 0 spiro atoms. The molecule has 6 nitrogen and oxygen atoms in total. The van der Waals surface area contributed by atoms with Crippen LogP contribution in [0.5, 0.6) is 0 Å². The lowest BCUT2D eigenvalue weighted by Crippen LogP contribution is -2.58. The van der Waals surface area contributed by atoms with E-state index >= 15 is 0 Å². The Morgan fingerprint density at radius 1 is 0.933 bits per heavy atom. The summed E-state index contributed by atoms with van der Waals surface area (Å²) < 4.78 is 0. The minimum atomic E-state index is 0.0590. The molecule has 0 aromatic carbocycles. The molecule has 5 rings (SSSR count). The molecular formula is C24H42N4O2. The second-order valence-corrected chi connectivity index (χ2v) is 10.3. The number of hydrogen-bond acceptors (Lipinski definition) is 3. The van der Waals surface area contributed by atoms with Crippen LogP contribution < -0.4 is 10.6 Å². The molecule has 4 saturated carbocycles. The molecule has 1 saturated heterocycles. The molecule has 3 amide bonds. The summed E-state index contributed by atoms with van der Waals surface area (Å²) in [5.41, 5.74) is 0. The Kier molecular flexibility index (Phi) is 7.22. The third kappa shape index (κ3) is 4.95. The summed E-state index contributed by atoms with van der Waals surface area (Å²) in [7, 11) is 0. The van der Waals surface area contributed by atoms with E-state index < -0.39 is 0 Å². The number of amides is 3. The molecule has 4 aliphatic carbocycles. The summed E-state index contributed by atoms with van der Waals surface area (Å²) in [6, 6.07) is 0.516. The minimum Gasteiger partial charge on any atom is -0.356 e. The maximum absolute atomic E-state index is 12.9. The quantitative estimate of drug-likeness (QED) is 0.596. The zero-order chi connectivity index (χ0) is 21.1. The van der Waals surface area contributed by atoms with Crippen LogP contribution >= 0.6 is 0 Å². The summed E-state index contributed by atoms with van der Waals surface area (Å²) in [5, 5.41) is 6.54. The largest absolute Gasteiger partial charge is 0.356 e. The molecule has 6 heteroatoms. The Hall–Kier alpha value is -1.30. The highest BCUT2D eigenvalue weighted by molar-refractivity contribution is 5.79. The zero-order valence-electron chi connectivity index (χ0n) is 19.1. The van der Waals surface area contributed by atoms with Gasteiger partial charge in [0.25, 0.3) is 0 Å². The van der Waals surface area contributed by atoms with E-state index in [0.717, 1.165) is 57.3 Å². The van der Waals surface area contributed by atoms with Gasteiger partial charge in [-0.25, -0.2) is 4.79 Å². The second-order valence-electron chi connectivity index (χ2n) is 10.3. The van der Waals surface area contributed by atoms with E-state index in [0.29, 0.717) is 31.0 Å². The molecule has 5 aliphatic rings. The number of hydrogen-bond donors (Lipinski definition) is 2. The lowest BCUT2D eigenvalue weighted by molar-refractivity contribution is -0.126. The van der Waals surface area contributed by atoms with Gasteiger partial charge in [-0.2, -0.15) is 0 Å². The van der Waals surface area contributed by atoms with Crippen LogP contribution in [0.25, 0.3) is 0 Å². The SMILES string of the molecule is CCN(CC)CCCNC(=O)C1CCN(C(=O)NC2C3CC4CC(C3)CC2C4)CC1. The number of nitrogens with zero attached hydrogens (tertiary/aromatic N) is 2. The smallest absolute Gasteiger partial charge is 0.317 e. The zero-order valence-corrected chi connectivity index (χ0v) is 19.1. The number of nitrogens with one attached hydrogen (secondary N) is 2. The third-order valence-electron chi connectivity index (χ3n) is 8.51. The first kappa shape index (κ1) is 21.9. The van der Waals surface area contributed by atoms with Gasteiger partial charge in [-0.05, 0) is 94.7 Å². The fraction of sp³-hybridized carbons (Fsp3) is 0.917. The maximum atomic E-state index is 12.9. The third-order valence-corrected chi connectivity index (χ3v) is 8.51. The average molecular weight is 419 g/mol. The van der Waals surface area contributed by atoms with Crippen molar-refractivity contribution in [3.8, 4) is 0 Å². The Balaban J connectivity index is 1.16. The van der Waals surface area contributed by atoms with Crippen molar-refractivity contribution in [2.75, 3.05) is 39.3 Å². The molecule has 0 radical (unpaired) electrons. The summed E-state index contributed by atoms with van der Waals surface area (Å²) in [5.74, 6) is 3.53. The first-order valence-electron chi connectivity index (χ1n) is 12.6. The first-order chi connectivity index (χ1) is 14.6. The van der Waals surface area contributed by atoms with Gasteiger partial charge in [0.15, 0.2) is 0 Å². The van der Waals surface area contributed by atoms with Gasteiger partial charge in [0.2, 0.25) is 5.91 Å². The van der Waals surface area contributed by atoms with Crippen molar-refractivity contribution in [2.24, 2.45) is 29.6 Å². The van der Waals surface area contributed by atoms with E-state index in [1.54, 1.807) is 0 Å². The number of urea groups is 1. The van der Waals surface area contributed by atoms with Crippen molar-refractivity contribution in [1.82, 2.24) is 20.4 Å². The summed E-state index contributed by atoms with van der Waals surface area (Å²) in [4.78, 5) is 29.7. The highest BCUT2D eigenvalue weighted by Crippen LogP contribution is 2.53. The molecule has 4 bridgehead atoms. The number of carbonyl (C=O) groups is 2. The highest BCUT2D eigenvalue weighted by Gasteiger charge is 2.49. The van der Waals surface area contributed by atoms with Crippen molar-refractivity contribution in [2.45, 2.75) is 71.3 Å². The maximum Gasteiger partial charge on any atom is 0.317 e. The van der Waals surface area contributed by atoms with Gasteiger partial charge in [0.05, 0.1) is 0 Å². The summed E-state index contributed by atoms with van der Waals surface area (Å²) in [6.45, 7) is 9.68. The lowest BCUT2D eigenvalue weighted by atomic mass is 9.54. The van der Waals surface area contributed by atoms with E-state index in [1.807, 2.05) is 4.90 Å². The van der Waals surface area contributed by atoms with Crippen molar-refractivity contribution in [3.63, 3.8) is 0 Å². The van der Waals surface area contributed by atoms with E-state index in [9.17, 15) is 9.59 Å². The van der Waals surface area contributed by atoms with Gasteiger partial charge in [-0.15, -0.1) is 0 Å². The first-order valence-corrected chi connectivity index (χ1v) is 12.6. The summed E-state index contributed by atoms with van der Waals surface area (Å²) in [6.07, 6.45) is 9.33. The normalized spacial score (nSPS) is 33.2. The van der Waals surface area contributed by atoms with Crippen LogP contribution in [0.4, 0.5) is 4.79 Å². The van der Waals surface area contributed by atoms with E-state index in [1.165, 1.54) is 32.1 Å². The van der Waals surface area contributed by atoms with Crippen molar-refractivity contribution in [1.29, 1.82) is 0 Å². The topological polar surface area (TPSA) is 64.7 Å². The highest BCUT2D eigenvalue weighted by atomic mass is 16.2. The standard InChI is InChI=1S/C24H42N4O2/c1-3-27(4-2)9-5-8-25-23(29)19-6-10-28(11-7-19)24(30)26-22-20-13-17-12-18(15-20)16-21(22)14-17/h17-22H,3-16H2,1-2H3,(H,25,29)(H,26,30). The Morgan fingerprint density at radius 2 is 1.53 bits per heavy atom. The van der Waals surface area contributed by atoms with Gasteiger partial charge in [0.1, 0.15) is 0 Å². The van der Waals surface area contributed by atoms with Gasteiger partial charge in [0, 0.05) is 31.6 Å². The van der Waals surface area contributed by atoms with Crippen LogP contribution in [0.15, 0.2) is 0 Å². The van der Waals surface area contributed by atoms with Crippen LogP contribution in [0.1, 0.15) is 65.2 Å². The number of likely N-dealkylation sites (tertiary alicyclic amines) is 1. The monoisotopic (exact) mass is 418 g/mol. The Morgan fingerprint density at radius 3 is 2.10 bits per heavy atom. The number of carbonyl (C=O) groups excluding carboxylic acids is 2. The van der Waals surface area contributed by atoms with Gasteiger partial charge in [-0.3, -0.25) is 4.79 Å². The van der Waals surface area contributed by atoms with Crippen molar-refractivity contribution < 1.29 is 9.59 Å². The average Bonchev–Trinajstić information content (AvgIpc) is 2.75. The van der Waals surface area contributed by atoms with Crippen LogP contribution in [0.3, 0.4) is 0 Å². The molecule has 170 valence electrons. The van der Waals surface area contributed by atoms with Crippen LogP contribution in [0, 0.1) is 29.6 Å². The second kappa shape index (κ2) is 9.88. The molecule has 2 N–H and O–H groups in total. The number of piperidine rings is 1. The molecule has 30 heavy (non-hydrogen) atoms. The predicted octanol–water partition coefficient (Wildman–Crippen LogP) is 3.08. The van der Waals surface area contributed by atoms with Crippen LogP contribution in [-0.2, 0) is 4.79 Å². The molecule has 5 fully saturated rings. The van der Waals surface area contributed by atoms with Gasteiger partial charge in [-0.1, -0.05) is 13.8 Å². The van der Waals surface area contributed by atoms with Crippen molar-refractivity contribution in [3.05, 3.63) is 0 Å². The van der Waals surface area contributed by atoms with E-state index in [2.05, 4.69) is 29.4 Å². The minimum absolute atomic E-state index is 0.0590. The summed E-state index contributed by atoms with van der Waals surface area (Å²) >= 11 is 0. The van der Waals surface area contributed by atoms with Gasteiger partial charge < -0.3 is 20.4 Å². The Bertz CT molecular complexity index is 570. The lowest BCUT2D eigenvalue weighted by Gasteiger charge is -2.54. The fourth-order valence-electron chi connectivity index (χ4n) is 6.94. The molecule has 1 heterocycles. The molecule has 0 unspecified atom stereocenters. The molecular weight excluding hydrogens is 376 g/mol. The molecule has 0 aromatic rings. The molecule has 0 atom stereocenters. The molecule has 0 aromatic heterocycles. The van der Waals surface area contributed by atoms with Crippen molar-refractivity contribution >= 4 is 11.9 Å². The molecule has 1 aliphatic heterocycles. The van der Waals surface area contributed by atoms with E-state index in [-0.39, 0.29) is 17.9 Å². The Labute approximate surface area is 182 Å². The van der Waals surface area contributed by atoms with Crippen LogP contribution in [0.2, 0.25) is 0 Å². The predicted molar refractivity (Wildman–Crippen MR) is 119 cm³/mol. The van der Waals surface area contributed by atoms with E-state index in [4.69, 9.17) is 0 Å². The van der Waals surface area contributed by atoms with Crippen LogP contribution in [-0.4, -0.2) is 67.0 Å². The number of rotatable bonds is 8. The fourth-order valence-corrected chi connectivity index (χ4v) is 6.94. The van der Waals surface area contributed by atoms with Gasteiger partial charge >= 0.3 is 6.03 Å².